The normalized spacial score (nSPS) is 16.3. The molecule has 0 aromatic heterocycles. The largest absolute Gasteiger partial charge is 0.636 e. The van der Waals surface area contributed by atoms with E-state index in [0.717, 1.165) is 21.9 Å². The smallest absolute Gasteiger partial charge is 0.494 e. The summed E-state index contributed by atoms with van der Waals surface area (Å²) in [4.78, 5) is 27.7. The summed E-state index contributed by atoms with van der Waals surface area (Å²) >= 11 is 0. The number of carbonyl (C=O) groups excluding carboxylic acids is 2. The Morgan fingerprint density at radius 2 is 1.67 bits per heavy atom. The van der Waals surface area contributed by atoms with Gasteiger partial charge in [0, 0.05) is 18.6 Å². The van der Waals surface area contributed by atoms with E-state index in [1.807, 2.05) is 72.6 Å². The predicted molar refractivity (Wildman–Crippen MR) is 127 cm³/mol. The number of aliphatic hydroxyl groups is 1. The molecule has 1 heterocycles. The van der Waals surface area contributed by atoms with Gasteiger partial charge in [-0.15, -0.1) is 0 Å². The molecule has 1 aliphatic heterocycles. The molecular weight excluding hydrogens is 419 g/mol. The number of nitrogens with zero attached hydrogens (tertiary/aromatic N) is 2. The van der Waals surface area contributed by atoms with Gasteiger partial charge in [-0.1, -0.05) is 60.7 Å². The van der Waals surface area contributed by atoms with E-state index >= 15 is 0 Å². The van der Waals surface area contributed by atoms with Crippen molar-refractivity contribution >= 4 is 35.3 Å². The molecule has 0 bridgehead atoms. The minimum atomic E-state index is -1.06. The molecule has 170 valence electrons. The monoisotopic (exact) mass is 446 g/mol. The predicted octanol–water partition coefficient (Wildman–Crippen LogP) is 1.73. The maximum Gasteiger partial charge on any atom is 0.636 e. The lowest BCUT2D eigenvalue weighted by atomic mass is 9.78. The van der Waals surface area contributed by atoms with Crippen molar-refractivity contribution in [1.82, 2.24) is 9.80 Å². The van der Waals surface area contributed by atoms with Crippen molar-refractivity contribution in [1.29, 1.82) is 0 Å². The van der Waals surface area contributed by atoms with Crippen LogP contribution in [-0.4, -0.2) is 67.7 Å². The van der Waals surface area contributed by atoms with Gasteiger partial charge < -0.3 is 14.4 Å². The summed E-state index contributed by atoms with van der Waals surface area (Å²) in [5.41, 5.74) is 2.42. The molecule has 1 saturated heterocycles. The van der Waals surface area contributed by atoms with E-state index in [9.17, 15) is 14.7 Å². The number of fused-ring (bicyclic) bond motifs is 1. The minimum absolute atomic E-state index is 0.0285. The third kappa shape index (κ3) is 5.99. The highest BCUT2D eigenvalue weighted by molar-refractivity contribution is 6.64. The first-order chi connectivity index (χ1) is 15.9. The molecule has 0 saturated carbocycles. The molecule has 33 heavy (non-hydrogen) atoms. The first-order valence-corrected chi connectivity index (χ1v) is 10.9. The van der Waals surface area contributed by atoms with Crippen LogP contribution in [0.2, 0.25) is 0 Å². The Morgan fingerprint density at radius 1 is 0.970 bits per heavy atom. The molecule has 3 aromatic rings. The van der Waals surface area contributed by atoms with Crippen LogP contribution < -0.4 is 5.46 Å². The van der Waals surface area contributed by atoms with Crippen LogP contribution >= 0.6 is 0 Å². The maximum absolute atomic E-state index is 12.0. The van der Waals surface area contributed by atoms with Gasteiger partial charge in [0.1, 0.15) is 0 Å². The van der Waals surface area contributed by atoms with Gasteiger partial charge in [0.25, 0.3) is 0 Å². The van der Waals surface area contributed by atoms with E-state index < -0.39 is 25.2 Å². The van der Waals surface area contributed by atoms with E-state index in [4.69, 9.17) is 9.31 Å². The number of hydrogen-bond acceptors (Lipinski definition) is 7. The van der Waals surface area contributed by atoms with Crippen LogP contribution in [0.15, 0.2) is 66.7 Å². The average Bonchev–Trinajstić information content (AvgIpc) is 2.77. The lowest BCUT2D eigenvalue weighted by Gasteiger charge is -2.23. The van der Waals surface area contributed by atoms with E-state index in [-0.39, 0.29) is 13.1 Å². The van der Waals surface area contributed by atoms with Crippen LogP contribution in [0, 0.1) is 0 Å². The molecule has 1 unspecified atom stereocenters. The van der Waals surface area contributed by atoms with Gasteiger partial charge in [-0.2, -0.15) is 0 Å². The quantitative estimate of drug-likeness (QED) is 0.578. The molecule has 0 aliphatic carbocycles. The fourth-order valence-corrected chi connectivity index (χ4v) is 4.00. The second-order valence-electron chi connectivity index (χ2n) is 8.55. The zero-order valence-corrected chi connectivity index (χ0v) is 18.8. The van der Waals surface area contributed by atoms with Gasteiger partial charge in [0.05, 0.1) is 19.2 Å². The summed E-state index contributed by atoms with van der Waals surface area (Å²) < 4.78 is 10.7. The second-order valence-corrected chi connectivity index (χ2v) is 8.55. The molecule has 4 rings (SSSR count). The van der Waals surface area contributed by atoms with Crippen molar-refractivity contribution in [2.75, 3.05) is 33.7 Å². The van der Waals surface area contributed by atoms with Crippen LogP contribution in [0.5, 0.6) is 0 Å². The van der Waals surface area contributed by atoms with Crippen LogP contribution in [0.1, 0.15) is 17.2 Å². The van der Waals surface area contributed by atoms with Crippen LogP contribution in [0.3, 0.4) is 0 Å². The minimum Gasteiger partial charge on any atom is -0.494 e. The summed E-state index contributed by atoms with van der Waals surface area (Å²) in [6.45, 7) is 1.07. The van der Waals surface area contributed by atoms with Crippen molar-refractivity contribution in [2.24, 2.45) is 0 Å². The summed E-state index contributed by atoms with van der Waals surface area (Å²) in [7, 11) is 2.53. The number of hydrogen-bond donors (Lipinski definition) is 1. The molecule has 3 aromatic carbocycles. The fourth-order valence-electron chi connectivity index (χ4n) is 4.00. The Balaban J connectivity index is 1.41. The molecule has 1 N–H and O–H groups in total. The second kappa shape index (κ2) is 10.2. The van der Waals surface area contributed by atoms with Crippen molar-refractivity contribution < 1.29 is 24.0 Å². The van der Waals surface area contributed by atoms with E-state index in [1.165, 1.54) is 0 Å². The van der Waals surface area contributed by atoms with E-state index in [2.05, 4.69) is 0 Å². The van der Waals surface area contributed by atoms with Crippen molar-refractivity contribution in [2.45, 2.75) is 12.6 Å². The highest BCUT2D eigenvalue weighted by Gasteiger charge is 2.33. The summed E-state index contributed by atoms with van der Waals surface area (Å²) in [6.07, 6.45) is -0.632. The van der Waals surface area contributed by atoms with Gasteiger partial charge >= 0.3 is 19.1 Å². The number of rotatable bonds is 6. The summed E-state index contributed by atoms with van der Waals surface area (Å²) in [5, 5.41) is 13.0. The number of aliphatic hydroxyl groups excluding tert-OH is 1. The molecule has 0 spiro atoms. The van der Waals surface area contributed by atoms with Gasteiger partial charge in [-0.3, -0.25) is 19.4 Å². The van der Waals surface area contributed by atoms with E-state index in [0.29, 0.717) is 18.6 Å². The molecule has 1 fully saturated rings. The van der Waals surface area contributed by atoms with Gasteiger partial charge in [-0.25, -0.2) is 0 Å². The topological polar surface area (TPSA) is 79.3 Å². The highest BCUT2D eigenvalue weighted by Crippen LogP contribution is 2.21. The fraction of sp³-hybridized carbons (Fsp3) is 0.280. The molecule has 8 heteroatoms. The third-order valence-corrected chi connectivity index (χ3v) is 5.59. The van der Waals surface area contributed by atoms with Crippen molar-refractivity contribution in [3.63, 3.8) is 0 Å². The molecular formula is C25H27BN2O5. The molecule has 7 nitrogen and oxygen atoms in total. The van der Waals surface area contributed by atoms with Crippen LogP contribution in [-0.2, 0) is 25.4 Å². The number of carbonyl (C=O) groups is 2. The van der Waals surface area contributed by atoms with E-state index in [1.54, 1.807) is 18.0 Å². The van der Waals surface area contributed by atoms with Gasteiger partial charge in [0.15, 0.2) is 0 Å². The first kappa shape index (κ1) is 23.0. The number of benzene rings is 3. The van der Waals surface area contributed by atoms with Gasteiger partial charge in [-0.05, 0) is 42.1 Å². The molecule has 1 aliphatic rings. The Hall–Kier alpha value is -3.20. The molecule has 0 radical (unpaired) electrons. The Labute approximate surface area is 193 Å². The van der Waals surface area contributed by atoms with Crippen molar-refractivity contribution in [3.8, 4) is 0 Å². The Bertz CT molecular complexity index is 1130. The lowest BCUT2D eigenvalue weighted by molar-refractivity contribution is -0.145. The standard InChI is InChI=1S/C25H27BN2O5/c1-27(15-23(29)21-11-10-19-7-3-4-8-20(19)13-21)14-18-6-5-9-22(12-18)26-32-24(30)16-28(2)17-25(31)33-26/h3-13,23,29H,14-17H2,1-2H3. The van der Waals surface area contributed by atoms with Gasteiger partial charge in [0.2, 0.25) is 0 Å². The zero-order valence-electron chi connectivity index (χ0n) is 18.8. The average molecular weight is 446 g/mol. The zero-order chi connectivity index (χ0) is 23.4. The lowest BCUT2D eigenvalue weighted by Crippen LogP contribution is -2.47. The number of likely N-dealkylation sites (N-methyl/N-ethyl adjacent to an activating group) is 2. The SMILES string of the molecule is CN1CC(=O)OB(c2cccc(CN(C)CC(O)c3ccc4ccccc4c3)c2)OC(=O)C1. The summed E-state index contributed by atoms with van der Waals surface area (Å²) in [6, 6.07) is 21.5. The highest BCUT2D eigenvalue weighted by atomic mass is 16.6. The van der Waals surface area contributed by atoms with Crippen LogP contribution in [0.25, 0.3) is 10.8 Å². The van der Waals surface area contributed by atoms with Crippen molar-refractivity contribution in [3.05, 3.63) is 77.9 Å². The maximum atomic E-state index is 12.0. The Kier molecular flexibility index (Phi) is 7.08. The third-order valence-electron chi connectivity index (χ3n) is 5.59. The van der Waals surface area contributed by atoms with Crippen LogP contribution in [0.4, 0.5) is 0 Å². The molecule has 0 amide bonds. The Morgan fingerprint density at radius 3 is 2.39 bits per heavy atom. The first-order valence-electron chi connectivity index (χ1n) is 10.9. The summed E-state index contributed by atoms with van der Waals surface area (Å²) in [5.74, 6) is -0.896. The molecule has 1 atom stereocenters.